The summed E-state index contributed by atoms with van der Waals surface area (Å²) in [5.41, 5.74) is 2.19. The van der Waals surface area contributed by atoms with Gasteiger partial charge in [-0.2, -0.15) is 0 Å². The van der Waals surface area contributed by atoms with Gasteiger partial charge in [0, 0.05) is 48.6 Å². The van der Waals surface area contributed by atoms with Crippen molar-refractivity contribution in [1.29, 1.82) is 0 Å². The van der Waals surface area contributed by atoms with Gasteiger partial charge in [-0.25, -0.2) is 4.39 Å². The van der Waals surface area contributed by atoms with E-state index in [4.69, 9.17) is 0 Å². The highest BCUT2D eigenvalue weighted by atomic mass is 32.2. The Morgan fingerprint density at radius 1 is 1.07 bits per heavy atom. The molecule has 148 valence electrons. The van der Waals surface area contributed by atoms with Gasteiger partial charge in [-0.15, -0.1) is 11.8 Å². The lowest BCUT2D eigenvalue weighted by Gasteiger charge is -2.39. The molecular formula is C22H26FN3OS. The molecule has 0 saturated carbocycles. The molecule has 2 aliphatic rings. The lowest BCUT2D eigenvalue weighted by Crippen LogP contribution is -2.52. The van der Waals surface area contributed by atoms with Crippen molar-refractivity contribution in [1.82, 2.24) is 4.90 Å². The number of piperazine rings is 1. The molecule has 1 atom stereocenters. The molecule has 0 aliphatic carbocycles. The largest absolute Gasteiger partial charge is 0.368 e. The van der Waals surface area contributed by atoms with Gasteiger partial charge in [-0.3, -0.25) is 4.79 Å². The highest BCUT2D eigenvalue weighted by Crippen LogP contribution is 2.39. The standard InChI is InChI=1S/C22H26FN3OS/c1-2-19-15-26(20-5-3-4-6-21(20)28-19)16-22(27)25-13-11-24(12-14-25)18-9-7-17(23)8-10-18/h3-10,19H,2,11-16H2,1H3. The Balaban J connectivity index is 1.37. The Morgan fingerprint density at radius 2 is 1.79 bits per heavy atom. The first kappa shape index (κ1) is 19.1. The maximum Gasteiger partial charge on any atom is 0.242 e. The molecule has 4 nitrogen and oxygen atoms in total. The molecule has 0 aromatic heterocycles. The van der Waals surface area contributed by atoms with E-state index in [1.807, 2.05) is 22.7 Å². The third-order valence-corrected chi connectivity index (χ3v) is 6.94. The number of hydrogen-bond acceptors (Lipinski definition) is 4. The molecule has 0 bridgehead atoms. The zero-order valence-corrected chi connectivity index (χ0v) is 17.0. The molecular weight excluding hydrogens is 373 g/mol. The first-order chi connectivity index (χ1) is 13.6. The summed E-state index contributed by atoms with van der Waals surface area (Å²) in [6.45, 7) is 6.53. The van der Waals surface area contributed by atoms with E-state index in [9.17, 15) is 9.18 Å². The zero-order valence-electron chi connectivity index (χ0n) is 16.2. The normalized spacial score (nSPS) is 19.5. The van der Waals surface area contributed by atoms with Gasteiger partial charge in [0.2, 0.25) is 5.91 Å². The Hall–Kier alpha value is -2.21. The van der Waals surface area contributed by atoms with Crippen LogP contribution in [0.2, 0.25) is 0 Å². The second-order valence-corrected chi connectivity index (χ2v) is 8.68. The van der Waals surface area contributed by atoms with Crippen LogP contribution in [-0.4, -0.2) is 55.3 Å². The Kier molecular flexibility index (Phi) is 5.76. The SMILES string of the molecule is CCC1CN(CC(=O)N2CCN(c3ccc(F)cc3)CC2)c2ccccc2S1. The van der Waals surface area contributed by atoms with Crippen molar-refractivity contribution in [2.24, 2.45) is 0 Å². The molecule has 0 radical (unpaired) electrons. The molecule has 1 fully saturated rings. The number of hydrogen-bond donors (Lipinski definition) is 0. The van der Waals surface area contributed by atoms with Crippen LogP contribution in [0.25, 0.3) is 0 Å². The predicted octanol–water partition coefficient (Wildman–Crippen LogP) is 3.87. The van der Waals surface area contributed by atoms with Gasteiger partial charge >= 0.3 is 0 Å². The maximum absolute atomic E-state index is 13.1. The summed E-state index contributed by atoms with van der Waals surface area (Å²) in [6.07, 6.45) is 1.10. The van der Waals surface area contributed by atoms with Gasteiger partial charge in [0.15, 0.2) is 0 Å². The summed E-state index contributed by atoms with van der Waals surface area (Å²) in [6, 6.07) is 15.0. The minimum Gasteiger partial charge on any atom is -0.368 e. The number of para-hydroxylation sites is 1. The Morgan fingerprint density at radius 3 is 2.50 bits per heavy atom. The van der Waals surface area contributed by atoms with E-state index in [0.29, 0.717) is 24.9 Å². The Bertz CT molecular complexity index is 821. The summed E-state index contributed by atoms with van der Waals surface area (Å²) in [4.78, 5) is 20.7. The summed E-state index contributed by atoms with van der Waals surface area (Å²) in [7, 11) is 0. The molecule has 1 unspecified atom stereocenters. The van der Waals surface area contributed by atoms with Gasteiger partial charge in [0.25, 0.3) is 0 Å². The summed E-state index contributed by atoms with van der Waals surface area (Å²) >= 11 is 1.92. The summed E-state index contributed by atoms with van der Waals surface area (Å²) in [5, 5.41) is 0.526. The van der Waals surface area contributed by atoms with E-state index in [-0.39, 0.29) is 11.7 Å². The fraction of sp³-hybridized carbons (Fsp3) is 0.409. The summed E-state index contributed by atoms with van der Waals surface area (Å²) in [5.74, 6) is -0.0294. The lowest BCUT2D eigenvalue weighted by atomic mass is 10.2. The van der Waals surface area contributed by atoms with Crippen molar-refractivity contribution in [2.45, 2.75) is 23.5 Å². The maximum atomic E-state index is 13.1. The van der Waals surface area contributed by atoms with Crippen LogP contribution in [0.15, 0.2) is 53.4 Å². The van der Waals surface area contributed by atoms with Crippen molar-refractivity contribution in [2.75, 3.05) is 49.1 Å². The van der Waals surface area contributed by atoms with E-state index < -0.39 is 0 Å². The average Bonchev–Trinajstić information content (AvgIpc) is 2.74. The molecule has 2 aromatic rings. The smallest absolute Gasteiger partial charge is 0.242 e. The quantitative estimate of drug-likeness (QED) is 0.780. The van der Waals surface area contributed by atoms with Crippen molar-refractivity contribution < 1.29 is 9.18 Å². The third kappa shape index (κ3) is 4.12. The third-order valence-electron chi connectivity index (χ3n) is 5.53. The van der Waals surface area contributed by atoms with Gasteiger partial charge in [0.1, 0.15) is 5.82 Å². The molecule has 0 N–H and O–H groups in total. The van der Waals surface area contributed by atoms with Gasteiger partial charge in [0.05, 0.1) is 12.2 Å². The van der Waals surface area contributed by atoms with Crippen LogP contribution in [-0.2, 0) is 4.79 Å². The van der Waals surface area contributed by atoms with Crippen LogP contribution in [0.5, 0.6) is 0 Å². The highest BCUT2D eigenvalue weighted by molar-refractivity contribution is 8.00. The van der Waals surface area contributed by atoms with Crippen LogP contribution in [0.3, 0.4) is 0 Å². The fourth-order valence-corrected chi connectivity index (χ4v) is 5.13. The molecule has 2 heterocycles. The molecule has 1 amide bonds. The topological polar surface area (TPSA) is 26.8 Å². The molecule has 2 aliphatic heterocycles. The lowest BCUT2D eigenvalue weighted by molar-refractivity contribution is -0.130. The van der Waals surface area contributed by atoms with Gasteiger partial charge in [-0.05, 0) is 42.8 Å². The number of benzene rings is 2. The van der Waals surface area contributed by atoms with Crippen LogP contribution in [0.4, 0.5) is 15.8 Å². The number of halogens is 1. The zero-order chi connectivity index (χ0) is 19.5. The van der Waals surface area contributed by atoms with Crippen LogP contribution in [0, 0.1) is 5.82 Å². The van der Waals surface area contributed by atoms with Crippen LogP contribution < -0.4 is 9.80 Å². The Labute approximate surface area is 170 Å². The second kappa shape index (κ2) is 8.43. The second-order valence-electron chi connectivity index (χ2n) is 7.34. The summed E-state index contributed by atoms with van der Waals surface area (Å²) < 4.78 is 13.1. The number of carbonyl (C=O) groups is 1. The van der Waals surface area contributed by atoms with Gasteiger partial charge in [-0.1, -0.05) is 19.1 Å². The van der Waals surface area contributed by atoms with Gasteiger partial charge < -0.3 is 14.7 Å². The van der Waals surface area contributed by atoms with Crippen LogP contribution in [0.1, 0.15) is 13.3 Å². The predicted molar refractivity (Wildman–Crippen MR) is 114 cm³/mol. The number of amides is 1. The molecule has 6 heteroatoms. The van der Waals surface area contributed by atoms with Crippen molar-refractivity contribution in [3.8, 4) is 0 Å². The number of carbonyl (C=O) groups excluding carboxylic acids is 1. The fourth-order valence-electron chi connectivity index (χ4n) is 3.87. The van der Waals surface area contributed by atoms with E-state index in [1.54, 1.807) is 12.1 Å². The number of nitrogens with zero attached hydrogens (tertiary/aromatic N) is 3. The average molecular weight is 400 g/mol. The molecule has 1 saturated heterocycles. The van der Waals surface area contributed by atoms with Crippen molar-refractivity contribution >= 4 is 29.0 Å². The number of rotatable bonds is 4. The number of fused-ring (bicyclic) bond motifs is 1. The first-order valence-corrected chi connectivity index (χ1v) is 10.8. The number of anilines is 2. The van der Waals surface area contributed by atoms with E-state index in [1.165, 1.54) is 22.7 Å². The molecule has 28 heavy (non-hydrogen) atoms. The van der Waals surface area contributed by atoms with E-state index >= 15 is 0 Å². The molecule has 0 spiro atoms. The van der Waals surface area contributed by atoms with Crippen molar-refractivity contribution in [3.05, 3.63) is 54.3 Å². The molecule has 2 aromatic carbocycles. The monoisotopic (exact) mass is 399 g/mol. The highest BCUT2D eigenvalue weighted by Gasteiger charge is 2.28. The van der Waals surface area contributed by atoms with Crippen molar-refractivity contribution in [3.63, 3.8) is 0 Å². The van der Waals surface area contributed by atoms with E-state index in [0.717, 1.165) is 31.7 Å². The molecule has 4 rings (SSSR count). The minimum atomic E-state index is -0.220. The van der Waals surface area contributed by atoms with Crippen LogP contribution >= 0.6 is 11.8 Å². The first-order valence-electron chi connectivity index (χ1n) is 9.93. The van der Waals surface area contributed by atoms with E-state index in [2.05, 4.69) is 34.9 Å². The minimum absolute atomic E-state index is 0.190. The number of thioether (sulfide) groups is 1.